The number of carbonyl (C=O) groups is 1. The van der Waals surface area contributed by atoms with Gasteiger partial charge in [-0.1, -0.05) is 6.07 Å². The van der Waals surface area contributed by atoms with E-state index in [1.807, 2.05) is 19.1 Å². The Bertz CT molecular complexity index is 366. The Kier molecular flexibility index (Phi) is 4.57. The number of aryl methyl sites for hydroxylation is 1. The summed E-state index contributed by atoms with van der Waals surface area (Å²) in [4.78, 5) is 14.9. The number of rotatable bonds is 5. The summed E-state index contributed by atoms with van der Waals surface area (Å²) in [6.07, 6.45) is 0. The number of pyridine rings is 1. The molecule has 0 spiro atoms. The number of ether oxygens (including phenoxy) is 1. The van der Waals surface area contributed by atoms with Crippen LogP contribution >= 0.6 is 0 Å². The highest BCUT2D eigenvalue weighted by Gasteiger charge is 2.01. The first-order valence-corrected chi connectivity index (χ1v) is 5.13. The van der Waals surface area contributed by atoms with Crippen molar-refractivity contribution in [2.24, 2.45) is 0 Å². The summed E-state index contributed by atoms with van der Waals surface area (Å²) < 4.78 is 5.03. The first-order chi connectivity index (χ1) is 7.63. The standard InChI is InChI=1S/C11H17N3O2/c1-8-4-5-10(16-3)14-11(8)13-7-6-12-9(2)15/h4-5H,6-7H2,1-3H3,(H,12,15)(H,13,14). The summed E-state index contributed by atoms with van der Waals surface area (Å²) in [5.74, 6) is 1.33. The van der Waals surface area contributed by atoms with Crippen molar-refractivity contribution in [2.75, 3.05) is 25.5 Å². The highest BCUT2D eigenvalue weighted by atomic mass is 16.5. The molecule has 0 aliphatic heterocycles. The Hall–Kier alpha value is -1.78. The fraction of sp³-hybridized carbons (Fsp3) is 0.455. The second-order valence-corrected chi connectivity index (χ2v) is 3.43. The highest BCUT2D eigenvalue weighted by molar-refractivity contribution is 5.72. The Morgan fingerprint density at radius 1 is 1.44 bits per heavy atom. The number of nitrogens with one attached hydrogen (secondary N) is 2. The van der Waals surface area contributed by atoms with Crippen LogP contribution in [0, 0.1) is 6.92 Å². The molecule has 0 unspecified atom stereocenters. The molecular weight excluding hydrogens is 206 g/mol. The highest BCUT2D eigenvalue weighted by Crippen LogP contribution is 2.15. The Labute approximate surface area is 95.2 Å². The van der Waals surface area contributed by atoms with E-state index in [1.165, 1.54) is 6.92 Å². The van der Waals surface area contributed by atoms with Crippen LogP contribution in [-0.4, -0.2) is 31.1 Å². The maximum Gasteiger partial charge on any atom is 0.216 e. The molecule has 1 aromatic rings. The molecule has 0 saturated heterocycles. The van der Waals surface area contributed by atoms with Crippen molar-refractivity contribution in [1.82, 2.24) is 10.3 Å². The molecule has 0 aromatic carbocycles. The molecule has 1 heterocycles. The first-order valence-electron chi connectivity index (χ1n) is 5.13. The van der Waals surface area contributed by atoms with Gasteiger partial charge in [0.1, 0.15) is 5.82 Å². The van der Waals surface area contributed by atoms with Crippen molar-refractivity contribution >= 4 is 11.7 Å². The molecule has 0 aliphatic carbocycles. The Morgan fingerprint density at radius 3 is 2.81 bits per heavy atom. The first kappa shape index (κ1) is 12.3. The van der Waals surface area contributed by atoms with Crippen LogP contribution in [-0.2, 0) is 4.79 Å². The predicted molar refractivity (Wildman–Crippen MR) is 62.7 cm³/mol. The third kappa shape index (κ3) is 3.76. The Balaban J connectivity index is 2.49. The summed E-state index contributed by atoms with van der Waals surface area (Å²) in [7, 11) is 1.58. The SMILES string of the molecule is COc1ccc(C)c(NCCNC(C)=O)n1. The summed E-state index contributed by atoms with van der Waals surface area (Å²) in [6, 6.07) is 3.75. The molecule has 0 bridgehead atoms. The maximum atomic E-state index is 10.6. The second-order valence-electron chi connectivity index (χ2n) is 3.43. The van der Waals surface area contributed by atoms with Gasteiger partial charge in [-0.2, -0.15) is 4.98 Å². The molecular formula is C11H17N3O2. The smallest absolute Gasteiger partial charge is 0.216 e. The van der Waals surface area contributed by atoms with Crippen LogP contribution in [0.2, 0.25) is 0 Å². The minimum absolute atomic E-state index is 0.0304. The van der Waals surface area contributed by atoms with Crippen LogP contribution in [0.25, 0.3) is 0 Å². The van der Waals surface area contributed by atoms with Crippen molar-refractivity contribution < 1.29 is 9.53 Å². The lowest BCUT2D eigenvalue weighted by Gasteiger charge is -2.09. The van der Waals surface area contributed by atoms with Gasteiger partial charge in [0.05, 0.1) is 7.11 Å². The van der Waals surface area contributed by atoms with E-state index in [4.69, 9.17) is 4.74 Å². The Morgan fingerprint density at radius 2 is 2.19 bits per heavy atom. The van der Waals surface area contributed by atoms with Crippen molar-refractivity contribution in [3.05, 3.63) is 17.7 Å². The lowest BCUT2D eigenvalue weighted by molar-refractivity contribution is -0.118. The van der Waals surface area contributed by atoms with Gasteiger partial charge in [0.2, 0.25) is 11.8 Å². The van der Waals surface area contributed by atoms with Crippen LogP contribution < -0.4 is 15.4 Å². The molecule has 5 nitrogen and oxygen atoms in total. The molecule has 2 N–H and O–H groups in total. The van der Waals surface area contributed by atoms with E-state index >= 15 is 0 Å². The summed E-state index contributed by atoms with van der Waals surface area (Å²) in [5, 5.41) is 5.84. The molecule has 0 fully saturated rings. The van der Waals surface area contributed by atoms with Gasteiger partial charge in [0.15, 0.2) is 0 Å². The molecule has 16 heavy (non-hydrogen) atoms. The average Bonchev–Trinajstić information content (AvgIpc) is 2.26. The van der Waals surface area contributed by atoms with Crippen molar-refractivity contribution in [2.45, 2.75) is 13.8 Å². The fourth-order valence-electron chi connectivity index (χ4n) is 1.22. The molecule has 0 aliphatic rings. The van der Waals surface area contributed by atoms with Gasteiger partial charge in [0.25, 0.3) is 0 Å². The van der Waals surface area contributed by atoms with Crippen LogP contribution in [0.5, 0.6) is 5.88 Å². The number of anilines is 1. The van der Waals surface area contributed by atoms with E-state index in [9.17, 15) is 4.79 Å². The van der Waals surface area contributed by atoms with Gasteiger partial charge < -0.3 is 15.4 Å². The van der Waals surface area contributed by atoms with E-state index in [1.54, 1.807) is 7.11 Å². The van der Waals surface area contributed by atoms with Crippen LogP contribution in [0.4, 0.5) is 5.82 Å². The zero-order chi connectivity index (χ0) is 12.0. The number of methoxy groups -OCH3 is 1. The molecule has 1 amide bonds. The minimum atomic E-state index is -0.0304. The zero-order valence-corrected chi connectivity index (χ0v) is 9.83. The molecule has 88 valence electrons. The molecule has 1 aromatic heterocycles. The largest absolute Gasteiger partial charge is 0.481 e. The van der Waals surface area contributed by atoms with Crippen LogP contribution in [0.15, 0.2) is 12.1 Å². The van der Waals surface area contributed by atoms with Gasteiger partial charge >= 0.3 is 0 Å². The van der Waals surface area contributed by atoms with E-state index in [0.29, 0.717) is 19.0 Å². The van der Waals surface area contributed by atoms with Crippen LogP contribution in [0.1, 0.15) is 12.5 Å². The van der Waals surface area contributed by atoms with Crippen molar-refractivity contribution in [1.29, 1.82) is 0 Å². The normalized spacial score (nSPS) is 9.69. The van der Waals surface area contributed by atoms with Crippen LogP contribution in [0.3, 0.4) is 0 Å². The van der Waals surface area contributed by atoms with E-state index in [0.717, 1.165) is 11.4 Å². The number of nitrogens with zero attached hydrogens (tertiary/aromatic N) is 1. The number of hydrogen-bond donors (Lipinski definition) is 2. The number of aromatic nitrogens is 1. The third-order valence-corrected chi connectivity index (χ3v) is 2.07. The number of amides is 1. The lowest BCUT2D eigenvalue weighted by atomic mass is 10.3. The number of carbonyl (C=O) groups excluding carboxylic acids is 1. The molecule has 1 rings (SSSR count). The van der Waals surface area contributed by atoms with Gasteiger partial charge in [0, 0.05) is 26.1 Å². The fourth-order valence-corrected chi connectivity index (χ4v) is 1.22. The van der Waals surface area contributed by atoms with Gasteiger partial charge in [-0.05, 0) is 12.5 Å². The van der Waals surface area contributed by atoms with E-state index in [2.05, 4.69) is 15.6 Å². The van der Waals surface area contributed by atoms with Gasteiger partial charge in [-0.25, -0.2) is 0 Å². The summed E-state index contributed by atoms with van der Waals surface area (Å²) in [5.41, 5.74) is 1.05. The topological polar surface area (TPSA) is 63.2 Å². The molecule has 0 radical (unpaired) electrons. The third-order valence-electron chi connectivity index (χ3n) is 2.07. The van der Waals surface area contributed by atoms with Gasteiger partial charge in [-0.3, -0.25) is 4.79 Å². The zero-order valence-electron chi connectivity index (χ0n) is 9.83. The van der Waals surface area contributed by atoms with Crippen molar-refractivity contribution in [3.63, 3.8) is 0 Å². The quantitative estimate of drug-likeness (QED) is 0.729. The van der Waals surface area contributed by atoms with Crippen molar-refractivity contribution in [3.8, 4) is 5.88 Å². The van der Waals surface area contributed by atoms with Gasteiger partial charge in [-0.15, -0.1) is 0 Å². The average molecular weight is 223 g/mol. The molecule has 0 saturated carbocycles. The van der Waals surface area contributed by atoms with E-state index < -0.39 is 0 Å². The maximum absolute atomic E-state index is 10.6. The predicted octanol–water partition coefficient (Wildman–Crippen LogP) is 0.947. The molecule has 0 atom stereocenters. The summed E-state index contributed by atoms with van der Waals surface area (Å²) >= 11 is 0. The minimum Gasteiger partial charge on any atom is -0.481 e. The second kappa shape index (κ2) is 5.95. The molecule has 5 heteroatoms. The summed E-state index contributed by atoms with van der Waals surface area (Å²) in [6.45, 7) is 4.68. The number of hydrogen-bond acceptors (Lipinski definition) is 4. The van der Waals surface area contributed by atoms with E-state index in [-0.39, 0.29) is 5.91 Å². The monoisotopic (exact) mass is 223 g/mol. The lowest BCUT2D eigenvalue weighted by Crippen LogP contribution is -2.26.